The molecule has 0 aliphatic heterocycles. The van der Waals surface area contributed by atoms with Crippen molar-refractivity contribution in [3.05, 3.63) is 59.9 Å². The number of aromatic nitrogens is 2. The van der Waals surface area contributed by atoms with Gasteiger partial charge in [-0.2, -0.15) is 0 Å². The van der Waals surface area contributed by atoms with E-state index in [4.69, 9.17) is 4.74 Å². The van der Waals surface area contributed by atoms with Crippen LogP contribution in [0.25, 0.3) is 11.3 Å². The lowest BCUT2D eigenvalue weighted by Gasteiger charge is -2.05. The SMILES string of the molecule is COc1ccc(-c2nonc2NC(=O)c2ccccc2F)cc1. The van der Waals surface area contributed by atoms with Crippen LogP contribution in [-0.4, -0.2) is 23.3 Å². The van der Waals surface area contributed by atoms with Crippen LogP contribution in [0.5, 0.6) is 5.75 Å². The number of carbonyl (C=O) groups is 1. The van der Waals surface area contributed by atoms with E-state index in [1.54, 1.807) is 37.4 Å². The van der Waals surface area contributed by atoms with Crippen molar-refractivity contribution >= 4 is 11.7 Å². The number of amides is 1. The highest BCUT2D eigenvalue weighted by Gasteiger charge is 2.18. The number of hydrogen-bond donors (Lipinski definition) is 1. The van der Waals surface area contributed by atoms with Crippen LogP contribution in [-0.2, 0) is 0 Å². The van der Waals surface area contributed by atoms with E-state index in [1.165, 1.54) is 18.2 Å². The van der Waals surface area contributed by atoms with Crippen LogP contribution in [0.15, 0.2) is 53.2 Å². The minimum Gasteiger partial charge on any atom is -0.497 e. The molecular weight excluding hydrogens is 301 g/mol. The second-order valence-corrected chi connectivity index (χ2v) is 4.62. The van der Waals surface area contributed by atoms with Crippen molar-refractivity contribution in [3.63, 3.8) is 0 Å². The van der Waals surface area contributed by atoms with Crippen LogP contribution in [0, 0.1) is 5.82 Å². The minimum atomic E-state index is -0.631. The van der Waals surface area contributed by atoms with Gasteiger partial charge in [0.2, 0.25) is 5.82 Å². The summed E-state index contributed by atoms with van der Waals surface area (Å²) in [5.41, 5.74) is 0.935. The van der Waals surface area contributed by atoms with Gasteiger partial charge >= 0.3 is 0 Å². The van der Waals surface area contributed by atoms with Crippen LogP contribution >= 0.6 is 0 Å². The zero-order valence-electron chi connectivity index (χ0n) is 12.1. The number of rotatable bonds is 4. The van der Waals surface area contributed by atoms with E-state index in [2.05, 4.69) is 20.3 Å². The number of ether oxygens (including phenoxy) is 1. The smallest absolute Gasteiger partial charge is 0.259 e. The maximum atomic E-state index is 13.6. The Bertz CT molecular complexity index is 831. The Kier molecular flexibility index (Phi) is 4.01. The van der Waals surface area contributed by atoms with Crippen molar-refractivity contribution in [2.45, 2.75) is 0 Å². The van der Waals surface area contributed by atoms with Gasteiger partial charge < -0.3 is 10.1 Å². The van der Waals surface area contributed by atoms with Crippen LogP contribution in [0.4, 0.5) is 10.2 Å². The Morgan fingerprint density at radius 3 is 2.57 bits per heavy atom. The molecule has 0 aliphatic rings. The predicted molar refractivity (Wildman–Crippen MR) is 80.6 cm³/mol. The Morgan fingerprint density at radius 2 is 1.87 bits per heavy atom. The summed E-state index contributed by atoms with van der Waals surface area (Å²) in [6.45, 7) is 0. The Hall–Kier alpha value is -3.22. The molecule has 0 saturated carbocycles. The molecule has 1 heterocycles. The highest BCUT2D eigenvalue weighted by molar-refractivity contribution is 6.05. The van der Waals surface area contributed by atoms with Gasteiger partial charge in [-0.3, -0.25) is 4.79 Å². The second kappa shape index (κ2) is 6.27. The number of nitrogens with one attached hydrogen (secondary N) is 1. The van der Waals surface area contributed by atoms with Crippen molar-refractivity contribution in [2.24, 2.45) is 0 Å². The minimum absolute atomic E-state index is 0.0869. The molecule has 0 fully saturated rings. The fraction of sp³-hybridized carbons (Fsp3) is 0.0625. The maximum absolute atomic E-state index is 13.6. The quantitative estimate of drug-likeness (QED) is 0.800. The molecule has 3 rings (SSSR count). The van der Waals surface area contributed by atoms with Gasteiger partial charge in [-0.1, -0.05) is 12.1 Å². The number of hydrogen-bond acceptors (Lipinski definition) is 5. The molecule has 0 spiro atoms. The van der Waals surface area contributed by atoms with Gasteiger partial charge in [0.1, 0.15) is 11.6 Å². The van der Waals surface area contributed by atoms with Crippen molar-refractivity contribution < 1.29 is 18.6 Å². The Balaban J connectivity index is 1.86. The molecule has 1 N–H and O–H groups in total. The summed E-state index contributed by atoms with van der Waals surface area (Å²) in [4.78, 5) is 12.1. The van der Waals surface area contributed by atoms with Gasteiger partial charge in [0, 0.05) is 5.56 Å². The van der Waals surface area contributed by atoms with Crippen LogP contribution < -0.4 is 10.1 Å². The van der Waals surface area contributed by atoms with Gasteiger partial charge in [-0.05, 0) is 46.7 Å². The third-order valence-corrected chi connectivity index (χ3v) is 3.20. The maximum Gasteiger partial charge on any atom is 0.259 e. The zero-order valence-corrected chi connectivity index (χ0v) is 12.1. The highest BCUT2D eigenvalue weighted by Crippen LogP contribution is 2.26. The summed E-state index contributed by atoms with van der Waals surface area (Å²) >= 11 is 0. The molecule has 6 nitrogen and oxygen atoms in total. The summed E-state index contributed by atoms with van der Waals surface area (Å²) in [7, 11) is 1.56. The number of benzene rings is 2. The van der Waals surface area contributed by atoms with Crippen LogP contribution in [0.3, 0.4) is 0 Å². The number of halogens is 1. The van der Waals surface area contributed by atoms with E-state index in [1.807, 2.05) is 0 Å². The van der Waals surface area contributed by atoms with Gasteiger partial charge in [-0.15, -0.1) is 0 Å². The molecule has 0 saturated heterocycles. The van der Waals surface area contributed by atoms with Crippen molar-refractivity contribution in [1.29, 1.82) is 0 Å². The summed E-state index contributed by atoms with van der Waals surface area (Å²) in [5, 5.41) is 9.93. The lowest BCUT2D eigenvalue weighted by Crippen LogP contribution is -2.14. The normalized spacial score (nSPS) is 10.3. The molecule has 3 aromatic rings. The van der Waals surface area contributed by atoms with E-state index >= 15 is 0 Å². The summed E-state index contributed by atoms with van der Waals surface area (Å²) < 4.78 is 23.4. The molecular formula is C16H12FN3O3. The highest BCUT2D eigenvalue weighted by atomic mass is 19.1. The van der Waals surface area contributed by atoms with Crippen LogP contribution in [0.2, 0.25) is 0 Å². The van der Waals surface area contributed by atoms with E-state index in [0.29, 0.717) is 17.0 Å². The number of nitrogens with zero attached hydrogens (tertiary/aromatic N) is 2. The lowest BCUT2D eigenvalue weighted by atomic mass is 10.1. The first kappa shape index (κ1) is 14.7. The molecule has 1 amide bonds. The lowest BCUT2D eigenvalue weighted by molar-refractivity contribution is 0.102. The fourth-order valence-electron chi connectivity index (χ4n) is 2.03. The van der Waals surface area contributed by atoms with Gasteiger partial charge in [0.05, 0.1) is 12.7 Å². The molecule has 0 bridgehead atoms. The fourth-order valence-corrected chi connectivity index (χ4v) is 2.03. The molecule has 1 aromatic heterocycles. The van der Waals surface area contributed by atoms with Crippen LogP contribution in [0.1, 0.15) is 10.4 Å². The molecule has 0 aliphatic carbocycles. The Morgan fingerprint density at radius 1 is 1.13 bits per heavy atom. The average molecular weight is 313 g/mol. The van der Waals surface area contributed by atoms with E-state index in [9.17, 15) is 9.18 Å². The molecule has 0 atom stereocenters. The largest absolute Gasteiger partial charge is 0.497 e. The van der Waals surface area contributed by atoms with Gasteiger partial charge in [-0.25, -0.2) is 9.02 Å². The number of methoxy groups -OCH3 is 1. The number of anilines is 1. The summed E-state index contributed by atoms with van der Waals surface area (Å²) in [6.07, 6.45) is 0. The summed E-state index contributed by atoms with van der Waals surface area (Å²) in [6, 6.07) is 12.6. The molecule has 7 heteroatoms. The molecule has 116 valence electrons. The number of carbonyl (C=O) groups excluding carboxylic acids is 1. The predicted octanol–water partition coefficient (Wildman–Crippen LogP) is 3.14. The molecule has 0 unspecified atom stereocenters. The molecule has 2 aromatic carbocycles. The van der Waals surface area contributed by atoms with Crippen molar-refractivity contribution in [2.75, 3.05) is 12.4 Å². The third-order valence-electron chi connectivity index (χ3n) is 3.20. The molecule has 0 radical (unpaired) electrons. The average Bonchev–Trinajstić information content (AvgIpc) is 3.03. The van der Waals surface area contributed by atoms with Crippen molar-refractivity contribution in [3.8, 4) is 17.0 Å². The summed E-state index contributed by atoms with van der Waals surface area (Å²) in [5.74, 6) is -0.452. The second-order valence-electron chi connectivity index (χ2n) is 4.62. The standard InChI is InChI=1S/C16H12FN3O3/c1-22-11-8-6-10(7-9-11)14-15(20-23-19-14)18-16(21)12-4-2-3-5-13(12)17/h2-9H,1H3,(H,18,20,21). The van der Waals surface area contributed by atoms with Crippen molar-refractivity contribution in [1.82, 2.24) is 10.3 Å². The first-order chi connectivity index (χ1) is 11.2. The third kappa shape index (κ3) is 3.03. The topological polar surface area (TPSA) is 77.2 Å². The Labute approximate surface area is 130 Å². The first-order valence-corrected chi connectivity index (χ1v) is 6.72. The van der Waals surface area contributed by atoms with E-state index < -0.39 is 11.7 Å². The van der Waals surface area contributed by atoms with Gasteiger partial charge in [0.25, 0.3) is 5.91 Å². The molecule has 23 heavy (non-hydrogen) atoms. The van der Waals surface area contributed by atoms with E-state index in [-0.39, 0.29) is 11.4 Å². The monoisotopic (exact) mass is 313 g/mol. The zero-order chi connectivity index (χ0) is 16.2. The van der Waals surface area contributed by atoms with Gasteiger partial charge in [0.15, 0.2) is 5.69 Å². The first-order valence-electron chi connectivity index (χ1n) is 6.72. The van der Waals surface area contributed by atoms with E-state index in [0.717, 1.165) is 0 Å².